The highest BCUT2D eigenvalue weighted by molar-refractivity contribution is 7.18. The highest BCUT2D eigenvalue weighted by atomic mass is 31.0. The van der Waals surface area contributed by atoms with E-state index in [1.807, 2.05) is 0 Å². The second kappa shape index (κ2) is 4.74. The average molecular weight is 228 g/mol. The SMILES string of the molecule is CC(C)C(C)C(C1CC1)C(C)C(C)(C)P. The average Bonchev–Trinajstić information content (AvgIpc) is 2.86. The summed E-state index contributed by atoms with van der Waals surface area (Å²) in [5.41, 5.74) is 0. The van der Waals surface area contributed by atoms with Gasteiger partial charge in [0.25, 0.3) is 0 Å². The molecule has 0 N–H and O–H groups in total. The van der Waals surface area contributed by atoms with E-state index in [1.54, 1.807) is 0 Å². The first-order valence-electron chi connectivity index (χ1n) is 6.54. The molecule has 1 aliphatic rings. The molecule has 0 aromatic rings. The van der Waals surface area contributed by atoms with Crippen molar-refractivity contribution in [1.29, 1.82) is 0 Å². The van der Waals surface area contributed by atoms with Crippen molar-refractivity contribution in [2.75, 3.05) is 0 Å². The summed E-state index contributed by atoms with van der Waals surface area (Å²) in [5, 5.41) is 0.385. The van der Waals surface area contributed by atoms with Gasteiger partial charge in [-0.2, -0.15) is 0 Å². The van der Waals surface area contributed by atoms with E-state index in [9.17, 15) is 0 Å². The predicted octanol–water partition coefficient (Wildman–Crippen LogP) is 4.59. The van der Waals surface area contributed by atoms with Crippen LogP contribution in [0.25, 0.3) is 0 Å². The quantitative estimate of drug-likeness (QED) is 0.603. The topological polar surface area (TPSA) is 0 Å². The second-order valence-electron chi connectivity index (χ2n) is 6.63. The van der Waals surface area contributed by atoms with E-state index < -0.39 is 0 Å². The Kier molecular flexibility index (Phi) is 4.27. The fraction of sp³-hybridized carbons (Fsp3) is 1.00. The van der Waals surface area contributed by atoms with Crippen LogP contribution in [0.15, 0.2) is 0 Å². The minimum absolute atomic E-state index is 0.385. The maximum atomic E-state index is 3.05. The Bertz CT molecular complexity index is 198. The van der Waals surface area contributed by atoms with Gasteiger partial charge in [0.1, 0.15) is 0 Å². The van der Waals surface area contributed by atoms with Crippen LogP contribution in [-0.2, 0) is 0 Å². The smallest absolute Gasteiger partial charge is 0.0178 e. The first-order valence-corrected chi connectivity index (χ1v) is 7.11. The maximum Gasteiger partial charge on any atom is -0.0178 e. The number of hydrogen-bond acceptors (Lipinski definition) is 0. The van der Waals surface area contributed by atoms with E-state index in [1.165, 1.54) is 12.8 Å². The molecule has 1 rings (SSSR count). The van der Waals surface area contributed by atoms with Crippen LogP contribution in [0, 0.1) is 29.6 Å². The van der Waals surface area contributed by atoms with Gasteiger partial charge in [0, 0.05) is 0 Å². The third-order valence-corrected chi connectivity index (χ3v) is 5.10. The van der Waals surface area contributed by atoms with Gasteiger partial charge in [-0.3, -0.25) is 0 Å². The van der Waals surface area contributed by atoms with Crippen LogP contribution in [0.5, 0.6) is 0 Å². The fourth-order valence-electron chi connectivity index (χ4n) is 2.71. The monoisotopic (exact) mass is 228 g/mol. The zero-order valence-electron chi connectivity index (χ0n) is 11.4. The summed E-state index contributed by atoms with van der Waals surface area (Å²) >= 11 is 0. The van der Waals surface area contributed by atoms with Gasteiger partial charge in [-0.25, -0.2) is 0 Å². The van der Waals surface area contributed by atoms with Crippen LogP contribution in [0.1, 0.15) is 54.4 Å². The van der Waals surface area contributed by atoms with Gasteiger partial charge in [-0.05, 0) is 47.6 Å². The van der Waals surface area contributed by atoms with Crippen molar-refractivity contribution in [1.82, 2.24) is 0 Å². The maximum absolute atomic E-state index is 3.05. The van der Waals surface area contributed by atoms with Crippen molar-refractivity contribution in [3.8, 4) is 0 Å². The van der Waals surface area contributed by atoms with E-state index in [2.05, 4.69) is 50.8 Å². The van der Waals surface area contributed by atoms with Crippen LogP contribution >= 0.6 is 9.24 Å². The van der Waals surface area contributed by atoms with Gasteiger partial charge in [0.2, 0.25) is 0 Å². The molecule has 4 unspecified atom stereocenters. The Morgan fingerprint density at radius 3 is 1.80 bits per heavy atom. The molecule has 0 heterocycles. The molecule has 0 spiro atoms. The largest absolute Gasteiger partial charge is 0.131 e. The van der Waals surface area contributed by atoms with Crippen molar-refractivity contribution >= 4 is 9.24 Å². The van der Waals surface area contributed by atoms with Gasteiger partial charge < -0.3 is 0 Å². The lowest BCUT2D eigenvalue weighted by molar-refractivity contribution is 0.155. The fourth-order valence-corrected chi connectivity index (χ4v) is 2.94. The van der Waals surface area contributed by atoms with Crippen molar-refractivity contribution in [3.63, 3.8) is 0 Å². The van der Waals surface area contributed by atoms with E-state index in [4.69, 9.17) is 0 Å². The van der Waals surface area contributed by atoms with Crippen molar-refractivity contribution in [2.24, 2.45) is 29.6 Å². The second-order valence-corrected chi connectivity index (χ2v) is 8.12. The summed E-state index contributed by atoms with van der Waals surface area (Å²) in [5.74, 6) is 4.46. The van der Waals surface area contributed by atoms with Gasteiger partial charge in [0.15, 0.2) is 0 Å². The Morgan fingerprint density at radius 2 is 1.53 bits per heavy atom. The van der Waals surface area contributed by atoms with Crippen LogP contribution in [-0.4, -0.2) is 5.16 Å². The lowest BCUT2D eigenvalue weighted by Crippen LogP contribution is -2.35. The lowest BCUT2D eigenvalue weighted by Gasteiger charge is -2.39. The normalized spacial score (nSPS) is 24.0. The van der Waals surface area contributed by atoms with Gasteiger partial charge in [0.05, 0.1) is 0 Å². The van der Waals surface area contributed by atoms with Gasteiger partial charge in [-0.15, -0.1) is 9.24 Å². The summed E-state index contributed by atoms with van der Waals surface area (Å²) in [4.78, 5) is 0. The lowest BCUT2D eigenvalue weighted by atomic mass is 9.71. The Morgan fingerprint density at radius 1 is 1.07 bits per heavy atom. The Hall–Kier alpha value is 0.430. The highest BCUT2D eigenvalue weighted by Gasteiger charge is 2.42. The molecule has 4 atom stereocenters. The zero-order valence-corrected chi connectivity index (χ0v) is 12.5. The Labute approximate surface area is 98.8 Å². The van der Waals surface area contributed by atoms with E-state index in [0.717, 1.165) is 29.6 Å². The summed E-state index contributed by atoms with van der Waals surface area (Å²) in [6.45, 7) is 14.4. The van der Waals surface area contributed by atoms with Crippen LogP contribution in [0.2, 0.25) is 0 Å². The van der Waals surface area contributed by atoms with Gasteiger partial charge >= 0.3 is 0 Å². The molecule has 1 saturated carbocycles. The molecule has 15 heavy (non-hydrogen) atoms. The summed E-state index contributed by atoms with van der Waals surface area (Å²) in [6, 6.07) is 0. The third kappa shape index (κ3) is 3.45. The molecule has 0 aliphatic heterocycles. The minimum Gasteiger partial charge on any atom is -0.131 e. The summed E-state index contributed by atoms with van der Waals surface area (Å²) in [6.07, 6.45) is 2.96. The summed E-state index contributed by atoms with van der Waals surface area (Å²) < 4.78 is 0. The standard InChI is InChI=1S/C14H29P/c1-9(2)10(3)13(12-7-8-12)11(4)14(5,6)15/h9-13H,7-8,15H2,1-6H3. The molecule has 1 fully saturated rings. The molecule has 0 bridgehead atoms. The third-order valence-electron chi connectivity index (χ3n) is 4.58. The number of hydrogen-bond donors (Lipinski definition) is 0. The first-order chi connectivity index (χ1) is 6.75. The number of rotatable bonds is 5. The molecule has 0 radical (unpaired) electrons. The molecule has 1 heteroatoms. The van der Waals surface area contributed by atoms with E-state index >= 15 is 0 Å². The molecule has 0 aromatic heterocycles. The van der Waals surface area contributed by atoms with Crippen molar-refractivity contribution < 1.29 is 0 Å². The van der Waals surface area contributed by atoms with Crippen molar-refractivity contribution in [3.05, 3.63) is 0 Å². The Balaban J connectivity index is 2.73. The van der Waals surface area contributed by atoms with Crippen molar-refractivity contribution in [2.45, 2.75) is 59.5 Å². The molecule has 0 nitrogen and oxygen atoms in total. The van der Waals surface area contributed by atoms with Crippen LogP contribution < -0.4 is 0 Å². The first kappa shape index (κ1) is 13.5. The molecule has 0 saturated heterocycles. The zero-order chi connectivity index (χ0) is 11.8. The minimum atomic E-state index is 0.385. The molecular weight excluding hydrogens is 199 g/mol. The van der Waals surface area contributed by atoms with Gasteiger partial charge in [-0.1, -0.05) is 41.5 Å². The highest BCUT2D eigenvalue weighted by Crippen LogP contribution is 2.50. The van der Waals surface area contributed by atoms with Crippen LogP contribution in [0.3, 0.4) is 0 Å². The molecular formula is C14H29P. The molecule has 0 amide bonds. The summed E-state index contributed by atoms with van der Waals surface area (Å²) in [7, 11) is 3.05. The predicted molar refractivity (Wildman–Crippen MR) is 73.2 cm³/mol. The van der Waals surface area contributed by atoms with E-state index in [0.29, 0.717) is 5.16 Å². The molecule has 0 aromatic carbocycles. The molecule has 90 valence electrons. The van der Waals surface area contributed by atoms with Crippen LogP contribution in [0.4, 0.5) is 0 Å². The van der Waals surface area contributed by atoms with E-state index in [-0.39, 0.29) is 0 Å². The molecule has 1 aliphatic carbocycles.